The molecule has 4 nitrogen and oxygen atoms in total. The third kappa shape index (κ3) is 3.16. The van der Waals surface area contributed by atoms with Gasteiger partial charge in [0, 0.05) is 12.0 Å². The van der Waals surface area contributed by atoms with E-state index in [1.165, 1.54) is 0 Å². The van der Waals surface area contributed by atoms with Crippen LogP contribution in [0.15, 0.2) is 59.8 Å². The van der Waals surface area contributed by atoms with Gasteiger partial charge in [0.15, 0.2) is 6.10 Å². The second-order valence-corrected chi connectivity index (χ2v) is 4.79. The molecule has 0 bridgehead atoms. The van der Waals surface area contributed by atoms with E-state index in [9.17, 15) is 0 Å². The lowest BCUT2D eigenvalue weighted by Gasteiger charge is -2.10. The summed E-state index contributed by atoms with van der Waals surface area (Å²) in [5, 5.41) is 4.16. The second-order valence-electron chi connectivity index (χ2n) is 4.79. The van der Waals surface area contributed by atoms with Gasteiger partial charge >= 0.3 is 0 Å². The van der Waals surface area contributed by atoms with Gasteiger partial charge in [-0.1, -0.05) is 35.5 Å². The summed E-state index contributed by atoms with van der Waals surface area (Å²) in [7, 11) is 1.66. The standard InChI is InChI=1S/C17H17NO3/c1-19-17-10-6-5-9-15(17)16-11-14(21-18-16)12-20-13-7-3-2-4-8-13/h2-10,14H,11-12H2,1H3/t14-/m1/s1. The summed E-state index contributed by atoms with van der Waals surface area (Å²) in [6.07, 6.45) is 0.651. The summed E-state index contributed by atoms with van der Waals surface area (Å²) >= 11 is 0. The highest BCUT2D eigenvalue weighted by Crippen LogP contribution is 2.24. The van der Waals surface area contributed by atoms with E-state index in [0.717, 1.165) is 22.8 Å². The first-order valence-electron chi connectivity index (χ1n) is 6.91. The molecule has 1 aliphatic heterocycles. The van der Waals surface area contributed by atoms with Crippen molar-refractivity contribution in [3.8, 4) is 11.5 Å². The maximum atomic E-state index is 5.70. The molecule has 21 heavy (non-hydrogen) atoms. The summed E-state index contributed by atoms with van der Waals surface area (Å²) in [5.74, 6) is 1.65. The third-order valence-corrected chi connectivity index (χ3v) is 3.33. The summed E-state index contributed by atoms with van der Waals surface area (Å²) in [4.78, 5) is 5.45. The molecule has 108 valence electrons. The zero-order valence-corrected chi connectivity index (χ0v) is 11.9. The van der Waals surface area contributed by atoms with Gasteiger partial charge in [-0.2, -0.15) is 0 Å². The summed E-state index contributed by atoms with van der Waals surface area (Å²) in [5.41, 5.74) is 1.87. The smallest absolute Gasteiger partial charge is 0.167 e. The van der Waals surface area contributed by atoms with Gasteiger partial charge in [0.2, 0.25) is 0 Å². The Bertz CT molecular complexity index is 625. The molecule has 0 aliphatic carbocycles. The number of hydrogen-bond acceptors (Lipinski definition) is 4. The highest BCUT2D eigenvalue weighted by atomic mass is 16.7. The molecule has 1 atom stereocenters. The number of ether oxygens (including phenoxy) is 2. The van der Waals surface area contributed by atoms with Gasteiger partial charge in [-0.25, -0.2) is 0 Å². The monoisotopic (exact) mass is 283 g/mol. The van der Waals surface area contributed by atoms with Crippen LogP contribution in [0.1, 0.15) is 12.0 Å². The molecule has 0 aromatic heterocycles. The largest absolute Gasteiger partial charge is 0.496 e. The molecule has 0 amide bonds. The van der Waals surface area contributed by atoms with Gasteiger partial charge in [-0.15, -0.1) is 0 Å². The average molecular weight is 283 g/mol. The van der Waals surface area contributed by atoms with Crippen LogP contribution in [0, 0.1) is 0 Å². The zero-order valence-electron chi connectivity index (χ0n) is 11.9. The molecule has 0 unspecified atom stereocenters. The molecule has 1 heterocycles. The van der Waals surface area contributed by atoms with Crippen molar-refractivity contribution in [1.29, 1.82) is 0 Å². The molecule has 1 aliphatic rings. The van der Waals surface area contributed by atoms with Crippen LogP contribution < -0.4 is 9.47 Å². The van der Waals surface area contributed by atoms with Crippen LogP contribution in [-0.4, -0.2) is 25.5 Å². The fraction of sp³-hybridized carbons (Fsp3) is 0.235. The van der Waals surface area contributed by atoms with E-state index < -0.39 is 0 Å². The van der Waals surface area contributed by atoms with Crippen molar-refractivity contribution in [2.24, 2.45) is 5.16 Å². The number of benzene rings is 2. The van der Waals surface area contributed by atoms with Crippen molar-refractivity contribution in [2.75, 3.05) is 13.7 Å². The molecule has 0 N–H and O–H groups in total. The second kappa shape index (κ2) is 6.31. The topological polar surface area (TPSA) is 40.0 Å². The van der Waals surface area contributed by atoms with Crippen LogP contribution in [0.5, 0.6) is 11.5 Å². The van der Waals surface area contributed by atoms with Gasteiger partial charge in [0.1, 0.15) is 18.1 Å². The van der Waals surface area contributed by atoms with Crippen LogP contribution in [-0.2, 0) is 4.84 Å². The van der Waals surface area contributed by atoms with E-state index in [1.54, 1.807) is 7.11 Å². The fourth-order valence-electron chi connectivity index (χ4n) is 2.27. The van der Waals surface area contributed by atoms with Crippen molar-refractivity contribution < 1.29 is 14.3 Å². The van der Waals surface area contributed by atoms with Gasteiger partial charge < -0.3 is 14.3 Å². The van der Waals surface area contributed by atoms with Gasteiger partial charge in [0.25, 0.3) is 0 Å². The lowest BCUT2D eigenvalue weighted by molar-refractivity contribution is 0.0471. The number of nitrogens with zero attached hydrogens (tertiary/aromatic N) is 1. The van der Waals surface area contributed by atoms with E-state index >= 15 is 0 Å². The minimum atomic E-state index is -0.0647. The third-order valence-electron chi connectivity index (χ3n) is 3.33. The Labute approximate surface area is 123 Å². The van der Waals surface area contributed by atoms with Gasteiger partial charge in [0.05, 0.1) is 12.8 Å². The van der Waals surface area contributed by atoms with E-state index in [1.807, 2.05) is 54.6 Å². The molecular weight excluding hydrogens is 266 g/mol. The lowest BCUT2D eigenvalue weighted by atomic mass is 10.0. The van der Waals surface area contributed by atoms with Crippen LogP contribution in [0.3, 0.4) is 0 Å². The summed E-state index contributed by atoms with van der Waals surface area (Å²) < 4.78 is 11.1. The molecule has 2 aromatic rings. The zero-order chi connectivity index (χ0) is 14.5. The molecule has 4 heteroatoms. The number of methoxy groups -OCH3 is 1. The fourth-order valence-corrected chi connectivity index (χ4v) is 2.27. The quantitative estimate of drug-likeness (QED) is 0.845. The normalized spacial score (nSPS) is 17.0. The van der Waals surface area contributed by atoms with Crippen molar-refractivity contribution in [1.82, 2.24) is 0 Å². The molecule has 0 saturated carbocycles. The Morgan fingerprint density at radius 2 is 1.86 bits per heavy atom. The number of para-hydroxylation sites is 2. The van der Waals surface area contributed by atoms with Crippen molar-refractivity contribution in [2.45, 2.75) is 12.5 Å². The van der Waals surface area contributed by atoms with Crippen molar-refractivity contribution in [3.05, 3.63) is 60.2 Å². The first-order chi connectivity index (χ1) is 10.4. The maximum absolute atomic E-state index is 5.70. The maximum Gasteiger partial charge on any atom is 0.167 e. The van der Waals surface area contributed by atoms with Crippen LogP contribution in [0.25, 0.3) is 0 Å². The van der Waals surface area contributed by atoms with E-state index in [4.69, 9.17) is 14.3 Å². The van der Waals surface area contributed by atoms with E-state index in [0.29, 0.717) is 13.0 Å². The predicted molar refractivity (Wildman–Crippen MR) is 81.0 cm³/mol. The Morgan fingerprint density at radius 3 is 2.67 bits per heavy atom. The molecule has 0 radical (unpaired) electrons. The van der Waals surface area contributed by atoms with E-state index in [-0.39, 0.29) is 6.10 Å². The average Bonchev–Trinajstić information content (AvgIpc) is 3.02. The molecular formula is C17H17NO3. The first-order valence-corrected chi connectivity index (χ1v) is 6.91. The van der Waals surface area contributed by atoms with Crippen LogP contribution >= 0.6 is 0 Å². The highest BCUT2D eigenvalue weighted by molar-refractivity contribution is 6.03. The molecule has 0 saturated heterocycles. The predicted octanol–water partition coefficient (Wildman–Crippen LogP) is 3.27. The van der Waals surface area contributed by atoms with Crippen molar-refractivity contribution in [3.63, 3.8) is 0 Å². The number of hydrogen-bond donors (Lipinski definition) is 0. The highest BCUT2D eigenvalue weighted by Gasteiger charge is 2.24. The van der Waals surface area contributed by atoms with E-state index in [2.05, 4.69) is 5.16 Å². The molecule has 2 aromatic carbocycles. The van der Waals surface area contributed by atoms with Crippen LogP contribution in [0.2, 0.25) is 0 Å². The molecule has 0 fully saturated rings. The van der Waals surface area contributed by atoms with Crippen molar-refractivity contribution >= 4 is 5.71 Å². The molecule has 3 rings (SSSR count). The first kappa shape index (κ1) is 13.5. The SMILES string of the molecule is COc1ccccc1C1=NO[C@@H](COc2ccccc2)C1. The summed E-state index contributed by atoms with van der Waals surface area (Å²) in [6.45, 7) is 0.478. The number of rotatable bonds is 5. The Morgan fingerprint density at radius 1 is 1.10 bits per heavy atom. The van der Waals surface area contributed by atoms with Gasteiger partial charge in [-0.3, -0.25) is 0 Å². The number of oxime groups is 1. The Balaban J connectivity index is 1.60. The minimum absolute atomic E-state index is 0.0647. The Hall–Kier alpha value is -2.49. The molecule has 0 spiro atoms. The Kier molecular flexibility index (Phi) is 4.05. The van der Waals surface area contributed by atoms with Crippen LogP contribution in [0.4, 0.5) is 0 Å². The summed E-state index contributed by atoms with van der Waals surface area (Å²) in [6, 6.07) is 17.5. The lowest BCUT2D eigenvalue weighted by Crippen LogP contribution is -2.18. The minimum Gasteiger partial charge on any atom is -0.496 e. The van der Waals surface area contributed by atoms with Gasteiger partial charge in [-0.05, 0) is 24.3 Å².